The Morgan fingerprint density at radius 1 is 1.11 bits per heavy atom. The summed E-state index contributed by atoms with van der Waals surface area (Å²) in [5.41, 5.74) is 1.94. The van der Waals surface area contributed by atoms with Crippen molar-refractivity contribution in [1.29, 1.82) is 0 Å². The zero-order chi connectivity index (χ0) is 13.2. The predicted octanol–water partition coefficient (Wildman–Crippen LogP) is 4.36. The molecule has 3 aromatic rings. The molecule has 0 bridgehead atoms. The van der Waals surface area contributed by atoms with E-state index in [1.807, 2.05) is 55.5 Å². The number of nitrogens with one attached hydrogen (secondary N) is 1. The van der Waals surface area contributed by atoms with E-state index in [9.17, 15) is 0 Å². The molecule has 1 N–H and O–H groups in total. The van der Waals surface area contributed by atoms with E-state index in [1.165, 1.54) is 0 Å². The van der Waals surface area contributed by atoms with Crippen molar-refractivity contribution >= 4 is 22.6 Å². The van der Waals surface area contributed by atoms with Crippen molar-refractivity contribution in [2.75, 3.05) is 0 Å². The zero-order valence-electron chi connectivity index (χ0n) is 10.4. The molecule has 2 aromatic carbocycles. The smallest absolute Gasteiger partial charge is 0.153 e. The monoisotopic (exact) mass is 272 g/mol. The standard InChI is InChI=1S/C15H13ClN2O/c1-10(19-14-9-5-2-6-11(14)16)15-17-12-7-3-4-8-13(12)18-15/h2-10H,1H3,(H,17,18)/t10-/m1/s1. The number of H-pyrrole nitrogens is 1. The molecule has 0 fully saturated rings. The average molecular weight is 273 g/mol. The molecule has 3 rings (SSSR count). The first-order valence-electron chi connectivity index (χ1n) is 6.10. The second-order valence-corrected chi connectivity index (χ2v) is 4.74. The lowest BCUT2D eigenvalue weighted by atomic mass is 10.3. The van der Waals surface area contributed by atoms with E-state index in [1.54, 1.807) is 0 Å². The van der Waals surface area contributed by atoms with Crippen LogP contribution in [0.15, 0.2) is 48.5 Å². The SMILES string of the molecule is C[C@@H](Oc1ccccc1Cl)c1nc2ccccc2[nH]1. The lowest BCUT2D eigenvalue weighted by Crippen LogP contribution is -2.05. The van der Waals surface area contributed by atoms with Crippen LogP contribution in [-0.2, 0) is 0 Å². The van der Waals surface area contributed by atoms with Crippen molar-refractivity contribution in [2.24, 2.45) is 0 Å². The maximum Gasteiger partial charge on any atom is 0.153 e. The molecule has 0 aliphatic heterocycles. The van der Waals surface area contributed by atoms with Gasteiger partial charge in [0.2, 0.25) is 0 Å². The van der Waals surface area contributed by atoms with Crippen LogP contribution in [0, 0.1) is 0 Å². The Morgan fingerprint density at radius 2 is 1.84 bits per heavy atom. The number of hydrogen-bond acceptors (Lipinski definition) is 2. The lowest BCUT2D eigenvalue weighted by Gasteiger charge is -2.13. The Labute approximate surface area is 116 Å². The summed E-state index contributed by atoms with van der Waals surface area (Å²) in [5.74, 6) is 1.46. The molecule has 0 spiro atoms. The Balaban J connectivity index is 1.87. The topological polar surface area (TPSA) is 37.9 Å². The summed E-state index contributed by atoms with van der Waals surface area (Å²) in [4.78, 5) is 7.77. The first-order valence-corrected chi connectivity index (χ1v) is 6.47. The molecule has 4 heteroatoms. The number of rotatable bonds is 3. The molecule has 0 aliphatic rings. The van der Waals surface area contributed by atoms with Gasteiger partial charge in [0.25, 0.3) is 0 Å². The molecule has 0 saturated carbocycles. The number of nitrogens with zero attached hydrogens (tertiary/aromatic N) is 1. The van der Waals surface area contributed by atoms with Crippen molar-refractivity contribution in [3.63, 3.8) is 0 Å². The first-order chi connectivity index (χ1) is 9.24. The van der Waals surface area contributed by atoms with Gasteiger partial charge >= 0.3 is 0 Å². The number of hydrogen-bond donors (Lipinski definition) is 1. The number of para-hydroxylation sites is 3. The third-order valence-electron chi connectivity index (χ3n) is 2.93. The van der Waals surface area contributed by atoms with Crippen LogP contribution in [0.4, 0.5) is 0 Å². The largest absolute Gasteiger partial charge is 0.481 e. The van der Waals surface area contributed by atoms with Crippen molar-refractivity contribution in [1.82, 2.24) is 9.97 Å². The van der Waals surface area contributed by atoms with Gasteiger partial charge < -0.3 is 9.72 Å². The van der Waals surface area contributed by atoms with Gasteiger partial charge in [0.05, 0.1) is 16.1 Å². The van der Waals surface area contributed by atoms with Crippen LogP contribution < -0.4 is 4.74 Å². The summed E-state index contributed by atoms with van der Waals surface area (Å²) in [7, 11) is 0. The van der Waals surface area contributed by atoms with Gasteiger partial charge in [0.1, 0.15) is 11.6 Å². The summed E-state index contributed by atoms with van der Waals surface area (Å²) < 4.78 is 5.84. The minimum Gasteiger partial charge on any atom is -0.481 e. The molecule has 1 heterocycles. The van der Waals surface area contributed by atoms with Crippen LogP contribution >= 0.6 is 11.6 Å². The summed E-state index contributed by atoms with van der Waals surface area (Å²) in [5, 5.41) is 0.602. The molecular weight excluding hydrogens is 260 g/mol. The highest BCUT2D eigenvalue weighted by Gasteiger charge is 2.13. The number of halogens is 1. The van der Waals surface area contributed by atoms with E-state index >= 15 is 0 Å². The Kier molecular flexibility index (Phi) is 3.13. The van der Waals surface area contributed by atoms with Gasteiger partial charge in [-0.1, -0.05) is 35.9 Å². The highest BCUT2D eigenvalue weighted by molar-refractivity contribution is 6.32. The van der Waals surface area contributed by atoms with Crippen molar-refractivity contribution in [2.45, 2.75) is 13.0 Å². The molecular formula is C15H13ClN2O. The van der Waals surface area contributed by atoms with Crippen LogP contribution in [0.2, 0.25) is 5.02 Å². The number of imidazole rings is 1. The molecule has 1 aromatic heterocycles. The molecule has 1 atom stereocenters. The second kappa shape index (κ2) is 4.94. The van der Waals surface area contributed by atoms with Crippen molar-refractivity contribution < 1.29 is 4.74 Å². The van der Waals surface area contributed by atoms with Crippen molar-refractivity contribution in [3.05, 3.63) is 59.4 Å². The van der Waals surface area contributed by atoms with E-state index < -0.39 is 0 Å². The molecule has 96 valence electrons. The first kappa shape index (κ1) is 12.1. The number of aromatic nitrogens is 2. The lowest BCUT2D eigenvalue weighted by molar-refractivity contribution is 0.218. The maximum atomic E-state index is 6.08. The van der Waals surface area contributed by atoms with Gasteiger partial charge in [-0.15, -0.1) is 0 Å². The molecule has 19 heavy (non-hydrogen) atoms. The summed E-state index contributed by atoms with van der Waals surface area (Å²) in [6.45, 7) is 1.95. The third kappa shape index (κ3) is 2.42. The van der Waals surface area contributed by atoms with E-state index in [0.717, 1.165) is 16.9 Å². The second-order valence-electron chi connectivity index (χ2n) is 4.33. The summed E-state index contributed by atoms with van der Waals surface area (Å²) in [6, 6.07) is 15.3. The quantitative estimate of drug-likeness (QED) is 0.769. The van der Waals surface area contributed by atoms with E-state index in [2.05, 4.69) is 9.97 Å². The van der Waals surface area contributed by atoms with Crippen LogP contribution in [0.1, 0.15) is 18.9 Å². The number of ether oxygens (including phenoxy) is 1. The highest BCUT2D eigenvalue weighted by Crippen LogP contribution is 2.28. The summed E-state index contributed by atoms with van der Waals surface area (Å²) >= 11 is 6.08. The molecule has 3 nitrogen and oxygen atoms in total. The van der Waals surface area contributed by atoms with Gasteiger partial charge in [-0.2, -0.15) is 0 Å². The number of benzene rings is 2. The van der Waals surface area contributed by atoms with Gasteiger partial charge in [-0.3, -0.25) is 0 Å². The predicted molar refractivity (Wildman–Crippen MR) is 76.6 cm³/mol. The summed E-state index contributed by atoms with van der Waals surface area (Å²) in [6.07, 6.45) is -0.188. The fourth-order valence-electron chi connectivity index (χ4n) is 1.95. The maximum absolute atomic E-state index is 6.08. The molecule has 0 aliphatic carbocycles. The molecule has 0 unspecified atom stereocenters. The van der Waals surface area contributed by atoms with Crippen LogP contribution in [0.25, 0.3) is 11.0 Å². The van der Waals surface area contributed by atoms with Gasteiger partial charge in [-0.05, 0) is 31.2 Å². The Bertz CT molecular complexity index is 675. The third-order valence-corrected chi connectivity index (χ3v) is 3.25. The fourth-order valence-corrected chi connectivity index (χ4v) is 2.13. The van der Waals surface area contributed by atoms with Crippen molar-refractivity contribution in [3.8, 4) is 5.75 Å². The normalized spacial score (nSPS) is 12.5. The van der Waals surface area contributed by atoms with E-state index in [4.69, 9.17) is 16.3 Å². The highest BCUT2D eigenvalue weighted by atomic mass is 35.5. The van der Waals surface area contributed by atoms with Crippen LogP contribution in [-0.4, -0.2) is 9.97 Å². The van der Waals surface area contributed by atoms with E-state index in [0.29, 0.717) is 10.8 Å². The fraction of sp³-hybridized carbons (Fsp3) is 0.133. The number of fused-ring (bicyclic) bond motifs is 1. The van der Waals surface area contributed by atoms with Gasteiger partial charge in [-0.25, -0.2) is 4.98 Å². The minimum atomic E-state index is -0.188. The minimum absolute atomic E-state index is 0.188. The number of aromatic amines is 1. The Hall–Kier alpha value is -2.00. The van der Waals surface area contributed by atoms with Gasteiger partial charge in [0.15, 0.2) is 6.10 Å². The average Bonchev–Trinajstić information content (AvgIpc) is 2.85. The van der Waals surface area contributed by atoms with Gasteiger partial charge in [0, 0.05) is 0 Å². The molecule has 0 saturated heterocycles. The molecule has 0 amide bonds. The Morgan fingerprint density at radius 3 is 2.63 bits per heavy atom. The van der Waals surface area contributed by atoms with E-state index in [-0.39, 0.29) is 6.10 Å². The van der Waals surface area contributed by atoms with Crippen LogP contribution in [0.5, 0.6) is 5.75 Å². The van der Waals surface area contributed by atoms with Crippen LogP contribution in [0.3, 0.4) is 0 Å². The molecule has 0 radical (unpaired) electrons. The zero-order valence-corrected chi connectivity index (χ0v) is 11.2.